The van der Waals surface area contributed by atoms with E-state index < -0.39 is 0 Å². The Labute approximate surface area is 274 Å². The molecule has 4 aliphatic rings. The molecule has 0 radical (unpaired) electrons. The van der Waals surface area contributed by atoms with Gasteiger partial charge in [0, 0.05) is 42.8 Å². The molecule has 0 N–H and O–H groups in total. The predicted molar refractivity (Wildman–Crippen MR) is 197 cm³/mol. The van der Waals surface area contributed by atoms with Gasteiger partial charge in [0.15, 0.2) is 0 Å². The highest BCUT2D eigenvalue weighted by Gasteiger charge is 2.61. The summed E-state index contributed by atoms with van der Waals surface area (Å²) in [5, 5.41) is 2.71. The van der Waals surface area contributed by atoms with Crippen LogP contribution in [0.4, 0.5) is 11.4 Å². The van der Waals surface area contributed by atoms with Crippen LogP contribution in [0.3, 0.4) is 0 Å². The average molecular weight is 609 g/mol. The normalized spacial score (nSPS) is 21.9. The fourth-order valence-corrected chi connectivity index (χ4v) is 11.6. The third-order valence-corrected chi connectivity index (χ3v) is 13.6. The van der Waals surface area contributed by atoms with E-state index >= 15 is 0 Å². The Bertz CT molecular complexity index is 2420. The van der Waals surface area contributed by atoms with E-state index in [9.17, 15) is 0 Å². The van der Waals surface area contributed by atoms with Gasteiger partial charge in [-0.25, -0.2) is 0 Å². The molecule has 0 bridgehead atoms. The standard InChI is InChI=1S/C42H33BN2S/c1-41-24-11-12-25-42(41,2)45-33-23-22-29-28-18-9-10-21-32(28)44-36(29)35(33)43(31-20-13-19-30(41)37(31)45)40-38(44)34(26-14-5-3-6-15-26)39(46-40)27-16-7-4-8-17-27/h3-10,13-23H,11-12,24-25H2,1-2H3. The highest BCUT2D eigenvalue weighted by atomic mass is 32.1. The highest BCUT2D eigenvalue weighted by Crippen LogP contribution is 2.61. The van der Waals surface area contributed by atoms with Gasteiger partial charge in [0.2, 0.25) is 0 Å². The van der Waals surface area contributed by atoms with E-state index in [1.807, 2.05) is 11.3 Å². The molecule has 2 nitrogen and oxygen atoms in total. The summed E-state index contributed by atoms with van der Waals surface area (Å²) in [4.78, 5) is 4.19. The van der Waals surface area contributed by atoms with Crippen LogP contribution in [0.5, 0.6) is 0 Å². The minimum atomic E-state index is 0.0514. The van der Waals surface area contributed by atoms with E-state index in [-0.39, 0.29) is 17.7 Å². The van der Waals surface area contributed by atoms with Gasteiger partial charge in [0.05, 0.1) is 22.3 Å². The van der Waals surface area contributed by atoms with Crippen molar-refractivity contribution >= 4 is 66.9 Å². The number of rotatable bonds is 2. The molecule has 0 saturated heterocycles. The second kappa shape index (κ2) is 8.63. The van der Waals surface area contributed by atoms with Crippen molar-refractivity contribution in [1.82, 2.24) is 4.57 Å². The quantitative estimate of drug-likeness (QED) is 0.178. The van der Waals surface area contributed by atoms with Crippen molar-refractivity contribution < 1.29 is 0 Å². The van der Waals surface area contributed by atoms with Crippen molar-refractivity contribution in [3.63, 3.8) is 0 Å². The number of anilines is 2. The van der Waals surface area contributed by atoms with Gasteiger partial charge in [-0.2, -0.15) is 0 Å². The SMILES string of the molecule is CC12CCCCC1(C)N1c3ccc4c5ccccc5n5c4c3B(c3cccc2c31)c1sc(-c2ccccc2)c(-c2ccccc2)c1-5. The van der Waals surface area contributed by atoms with Gasteiger partial charge in [0.25, 0.3) is 6.71 Å². The fraction of sp³-hybridized carbons (Fsp3) is 0.190. The van der Waals surface area contributed by atoms with Crippen LogP contribution >= 0.6 is 11.3 Å². The summed E-state index contributed by atoms with van der Waals surface area (Å²) < 4.78 is 4.13. The Balaban J connectivity index is 1.35. The zero-order chi connectivity index (χ0) is 30.4. The zero-order valence-electron chi connectivity index (χ0n) is 26.2. The number of hydrogen-bond acceptors (Lipinski definition) is 2. The first kappa shape index (κ1) is 25.6. The summed E-state index contributed by atoms with van der Waals surface area (Å²) >= 11 is 2.02. The Morgan fingerprint density at radius 2 is 1.41 bits per heavy atom. The van der Waals surface area contributed by atoms with E-state index in [0.717, 1.165) is 0 Å². The lowest BCUT2D eigenvalue weighted by molar-refractivity contribution is 0.195. The Morgan fingerprint density at radius 1 is 0.674 bits per heavy atom. The molecule has 0 amide bonds. The summed E-state index contributed by atoms with van der Waals surface area (Å²) in [6.07, 6.45) is 5.08. The van der Waals surface area contributed by atoms with Crippen LogP contribution in [0, 0.1) is 0 Å². The number of thiophene rings is 1. The van der Waals surface area contributed by atoms with Crippen molar-refractivity contribution in [2.45, 2.75) is 50.5 Å². The molecule has 220 valence electrons. The van der Waals surface area contributed by atoms with Crippen molar-refractivity contribution in [3.8, 4) is 27.3 Å². The number of para-hydroxylation sites is 2. The molecule has 1 saturated carbocycles. The van der Waals surface area contributed by atoms with Gasteiger partial charge in [0.1, 0.15) is 0 Å². The molecule has 0 spiro atoms. The lowest BCUT2D eigenvalue weighted by Gasteiger charge is -2.52. The molecule has 7 aromatic rings. The minimum Gasteiger partial charge on any atom is -0.335 e. The van der Waals surface area contributed by atoms with Gasteiger partial charge in [-0.1, -0.05) is 123 Å². The number of nitrogens with zero attached hydrogens (tertiary/aromatic N) is 2. The van der Waals surface area contributed by atoms with Crippen molar-refractivity contribution in [3.05, 3.63) is 121 Å². The molecule has 1 aliphatic carbocycles. The van der Waals surface area contributed by atoms with Gasteiger partial charge in [-0.3, -0.25) is 0 Å². The van der Waals surface area contributed by atoms with Crippen LogP contribution in [0.2, 0.25) is 0 Å². The lowest BCUT2D eigenvalue weighted by Crippen LogP contribution is -2.63. The number of fused-ring (bicyclic) bond motifs is 11. The van der Waals surface area contributed by atoms with Crippen LogP contribution in [0.15, 0.2) is 115 Å². The van der Waals surface area contributed by atoms with E-state index in [1.54, 1.807) is 5.56 Å². The Hall–Kier alpha value is -4.54. The summed E-state index contributed by atoms with van der Waals surface area (Å²) in [6, 6.07) is 43.5. The van der Waals surface area contributed by atoms with E-state index in [0.29, 0.717) is 0 Å². The topological polar surface area (TPSA) is 8.17 Å². The first-order chi connectivity index (χ1) is 22.6. The van der Waals surface area contributed by atoms with Crippen molar-refractivity contribution in [1.29, 1.82) is 0 Å². The maximum Gasteiger partial charge on any atom is 0.264 e. The minimum absolute atomic E-state index is 0.0514. The van der Waals surface area contributed by atoms with Gasteiger partial charge >= 0.3 is 0 Å². The van der Waals surface area contributed by atoms with Crippen LogP contribution in [0.1, 0.15) is 45.1 Å². The van der Waals surface area contributed by atoms with E-state index in [1.165, 1.54) is 102 Å². The molecule has 2 atom stereocenters. The Kier molecular flexibility index (Phi) is 4.81. The van der Waals surface area contributed by atoms with E-state index in [2.05, 4.69) is 139 Å². The monoisotopic (exact) mass is 608 g/mol. The summed E-state index contributed by atoms with van der Waals surface area (Å²) in [5.41, 5.74) is 15.7. The Morgan fingerprint density at radius 3 is 2.24 bits per heavy atom. The molecular formula is C42H33BN2S. The smallest absolute Gasteiger partial charge is 0.264 e. The predicted octanol–water partition coefficient (Wildman–Crippen LogP) is 9.06. The first-order valence-corrected chi connectivity index (χ1v) is 17.7. The maximum absolute atomic E-state index is 2.83. The van der Waals surface area contributed by atoms with Crippen molar-refractivity contribution in [2.24, 2.45) is 0 Å². The second-order valence-corrected chi connectivity index (χ2v) is 15.4. The molecule has 46 heavy (non-hydrogen) atoms. The molecule has 4 heteroatoms. The van der Waals surface area contributed by atoms with Crippen LogP contribution in [-0.2, 0) is 5.41 Å². The summed E-state index contributed by atoms with van der Waals surface area (Å²) in [7, 11) is 0. The molecule has 2 unspecified atom stereocenters. The summed E-state index contributed by atoms with van der Waals surface area (Å²) in [5.74, 6) is 0. The van der Waals surface area contributed by atoms with Crippen molar-refractivity contribution in [2.75, 3.05) is 4.90 Å². The van der Waals surface area contributed by atoms with Gasteiger partial charge in [-0.15, -0.1) is 11.3 Å². The van der Waals surface area contributed by atoms with Crippen LogP contribution in [-0.4, -0.2) is 16.8 Å². The number of benzene rings is 5. The van der Waals surface area contributed by atoms with Crippen LogP contribution in [0.25, 0.3) is 49.1 Å². The first-order valence-electron chi connectivity index (χ1n) is 16.9. The molecule has 3 aliphatic heterocycles. The molecule has 2 aromatic heterocycles. The molecule has 5 heterocycles. The number of aromatic nitrogens is 1. The fourth-order valence-electron chi connectivity index (χ4n) is 10.1. The number of hydrogen-bond donors (Lipinski definition) is 0. The van der Waals surface area contributed by atoms with Gasteiger partial charge in [-0.05, 0) is 59.5 Å². The highest BCUT2D eigenvalue weighted by molar-refractivity contribution is 7.31. The molecule has 11 rings (SSSR count). The third-order valence-electron chi connectivity index (χ3n) is 12.3. The average Bonchev–Trinajstić information content (AvgIpc) is 3.72. The second-order valence-electron chi connectivity index (χ2n) is 14.3. The van der Waals surface area contributed by atoms with Crippen LogP contribution < -0.4 is 20.6 Å². The summed E-state index contributed by atoms with van der Waals surface area (Å²) in [6.45, 7) is 5.33. The zero-order valence-corrected chi connectivity index (χ0v) is 27.0. The lowest BCUT2D eigenvalue weighted by atomic mass is 9.36. The largest absolute Gasteiger partial charge is 0.335 e. The molecular weight excluding hydrogens is 575 g/mol. The van der Waals surface area contributed by atoms with E-state index in [4.69, 9.17) is 0 Å². The maximum atomic E-state index is 2.83. The molecule has 5 aromatic carbocycles. The third kappa shape index (κ3) is 2.84. The van der Waals surface area contributed by atoms with Gasteiger partial charge < -0.3 is 9.47 Å². The molecule has 1 fully saturated rings.